The summed E-state index contributed by atoms with van der Waals surface area (Å²) in [6.45, 7) is -1.72. The maximum absolute atomic E-state index is 11.6. The van der Waals surface area contributed by atoms with E-state index in [0.29, 0.717) is 0 Å². The molecular formula is C12H20O11. The number of aliphatic hydroxyl groups excluding tert-OH is 7. The molecular weight excluding hydrogens is 320 g/mol. The second-order valence-electron chi connectivity index (χ2n) is 4.99. The third-order valence-electron chi connectivity index (χ3n) is 3.37. The molecule has 1 fully saturated rings. The average molecular weight is 340 g/mol. The fourth-order valence-electron chi connectivity index (χ4n) is 2.00. The normalized spacial score (nSPS) is 33.8. The number of carbonyl (C=O) groups excluding carboxylic acids is 2. The van der Waals surface area contributed by atoms with Crippen molar-refractivity contribution in [1.29, 1.82) is 0 Å². The van der Waals surface area contributed by atoms with Crippen LogP contribution in [0, 0.1) is 0 Å². The Kier molecular flexibility index (Phi) is 7.60. The van der Waals surface area contributed by atoms with Crippen LogP contribution in [0.25, 0.3) is 0 Å². The van der Waals surface area contributed by atoms with Crippen LogP contribution in [-0.2, 0) is 19.1 Å². The smallest absolute Gasteiger partial charge is 0.197 e. The minimum absolute atomic E-state index is 0.0469. The van der Waals surface area contributed by atoms with Crippen LogP contribution in [-0.4, -0.2) is 110 Å². The zero-order chi connectivity index (χ0) is 17.7. The van der Waals surface area contributed by atoms with Gasteiger partial charge in [-0.15, -0.1) is 0 Å². The first kappa shape index (κ1) is 20.0. The molecule has 1 rings (SSSR count). The molecule has 23 heavy (non-hydrogen) atoms. The van der Waals surface area contributed by atoms with Crippen LogP contribution < -0.4 is 0 Å². The molecule has 11 heteroatoms. The second-order valence-corrected chi connectivity index (χ2v) is 4.99. The summed E-state index contributed by atoms with van der Waals surface area (Å²) in [6, 6.07) is 0. The topological polar surface area (TPSA) is 194 Å². The van der Waals surface area contributed by atoms with Crippen molar-refractivity contribution in [2.75, 3.05) is 13.2 Å². The van der Waals surface area contributed by atoms with Crippen molar-refractivity contribution in [3.63, 3.8) is 0 Å². The van der Waals surface area contributed by atoms with E-state index >= 15 is 0 Å². The molecule has 0 saturated carbocycles. The average Bonchev–Trinajstić information content (AvgIpc) is 2.57. The Balaban J connectivity index is 2.93. The van der Waals surface area contributed by atoms with Gasteiger partial charge in [-0.05, 0) is 0 Å². The van der Waals surface area contributed by atoms with Gasteiger partial charge in [-0.1, -0.05) is 0 Å². The molecule has 0 amide bonds. The summed E-state index contributed by atoms with van der Waals surface area (Å²) in [6.07, 6.45) is -14.7. The number of carbonyl (C=O) groups is 2. The molecule has 0 aromatic rings. The maximum Gasteiger partial charge on any atom is 0.197 e. The molecule has 8 atom stereocenters. The van der Waals surface area contributed by atoms with Gasteiger partial charge >= 0.3 is 0 Å². The molecule has 1 aliphatic rings. The summed E-state index contributed by atoms with van der Waals surface area (Å²) >= 11 is 0. The first-order valence-corrected chi connectivity index (χ1v) is 6.70. The van der Waals surface area contributed by atoms with Crippen LogP contribution in [0.3, 0.4) is 0 Å². The zero-order valence-electron chi connectivity index (χ0n) is 11.9. The van der Waals surface area contributed by atoms with Gasteiger partial charge in [0.1, 0.15) is 36.6 Å². The lowest BCUT2D eigenvalue weighted by atomic mass is 10.00. The standard InChI is InChI=1S/C12H20O11/c13-1-4(16)7(18)11(5(17)2-14)23-12-10(21)9(20)8(19)6(3-15)22-12/h1,4-8,10-12,14-19,21H,2-3H2/t4-,5+,6+,7+,8-,10+,11+,12-/m0/s1. The van der Waals surface area contributed by atoms with Crippen LogP contribution in [0.15, 0.2) is 0 Å². The number of aliphatic hydroxyl groups is 7. The van der Waals surface area contributed by atoms with Crippen molar-refractivity contribution in [3.05, 3.63) is 0 Å². The highest BCUT2D eigenvalue weighted by Crippen LogP contribution is 2.22. The minimum Gasteiger partial charge on any atom is -0.394 e. The Labute approximate surface area is 130 Å². The third-order valence-corrected chi connectivity index (χ3v) is 3.37. The number of Topliss-reactive ketones (excluding diaryl/α,β-unsaturated/α-hetero) is 1. The van der Waals surface area contributed by atoms with Crippen LogP contribution >= 0.6 is 0 Å². The predicted octanol–water partition coefficient (Wildman–Crippen LogP) is -5.35. The van der Waals surface area contributed by atoms with E-state index in [4.69, 9.17) is 19.7 Å². The molecule has 0 radical (unpaired) electrons. The Morgan fingerprint density at radius 3 is 2.26 bits per heavy atom. The first-order valence-electron chi connectivity index (χ1n) is 6.70. The quantitative estimate of drug-likeness (QED) is 0.208. The molecule has 1 saturated heterocycles. The van der Waals surface area contributed by atoms with Crippen molar-refractivity contribution in [2.24, 2.45) is 0 Å². The van der Waals surface area contributed by atoms with Crippen LogP contribution in [0.4, 0.5) is 0 Å². The lowest BCUT2D eigenvalue weighted by Gasteiger charge is -2.38. The van der Waals surface area contributed by atoms with E-state index in [2.05, 4.69) is 0 Å². The van der Waals surface area contributed by atoms with E-state index in [1.54, 1.807) is 0 Å². The highest BCUT2D eigenvalue weighted by molar-refractivity contribution is 5.88. The minimum atomic E-state index is -2.01. The van der Waals surface area contributed by atoms with Gasteiger partial charge in [0.2, 0.25) is 0 Å². The van der Waals surface area contributed by atoms with Crippen LogP contribution in [0.2, 0.25) is 0 Å². The van der Waals surface area contributed by atoms with Gasteiger partial charge in [0.25, 0.3) is 0 Å². The van der Waals surface area contributed by atoms with Crippen LogP contribution in [0.1, 0.15) is 0 Å². The summed E-state index contributed by atoms with van der Waals surface area (Å²) in [5.41, 5.74) is 0. The SMILES string of the molecule is O=C[C@H](O)[C@@H](O)[C@H](O[C@@H]1O[C@H](CO)[C@H](O)C(=O)[C@H]1O)[C@H](O)CO. The molecule has 0 aromatic carbocycles. The summed E-state index contributed by atoms with van der Waals surface area (Å²) in [5.74, 6) is -1.12. The molecule has 0 bridgehead atoms. The van der Waals surface area contributed by atoms with Gasteiger partial charge in [-0.2, -0.15) is 0 Å². The number of ketones is 1. The van der Waals surface area contributed by atoms with Crippen molar-refractivity contribution < 1.29 is 54.8 Å². The first-order chi connectivity index (χ1) is 10.8. The maximum atomic E-state index is 11.6. The Hall–Kier alpha value is -1.02. The lowest BCUT2D eigenvalue weighted by molar-refractivity contribution is -0.290. The van der Waals surface area contributed by atoms with E-state index < -0.39 is 68.0 Å². The molecule has 1 heterocycles. The van der Waals surface area contributed by atoms with E-state index in [-0.39, 0.29) is 6.29 Å². The molecule has 0 aliphatic carbocycles. The molecule has 7 N–H and O–H groups in total. The van der Waals surface area contributed by atoms with Gasteiger partial charge < -0.3 is 50.0 Å². The predicted molar refractivity (Wildman–Crippen MR) is 68.8 cm³/mol. The summed E-state index contributed by atoms with van der Waals surface area (Å²) in [7, 11) is 0. The molecule has 1 aliphatic heterocycles. The van der Waals surface area contributed by atoms with Crippen LogP contribution in [0.5, 0.6) is 0 Å². The number of aldehydes is 1. The molecule has 0 unspecified atom stereocenters. The molecule has 11 nitrogen and oxygen atoms in total. The monoisotopic (exact) mass is 340 g/mol. The number of hydrogen-bond donors (Lipinski definition) is 7. The molecule has 0 aromatic heterocycles. The van der Waals surface area contributed by atoms with E-state index in [1.165, 1.54) is 0 Å². The highest BCUT2D eigenvalue weighted by Gasteiger charge is 2.46. The van der Waals surface area contributed by atoms with Gasteiger partial charge in [-0.3, -0.25) is 4.79 Å². The third kappa shape index (κ3) is 4.50. The largest absolute Gasteiger partial charge is 0.394 e. The fraction of sp³-hybridized carbons (Fsp3) is 0.833. The van der Waals surface area contributed by atoms with Gasteiger partial charge in [-0.25, -0.2) is 0 Å². The van der Waals surface area contributed by atoms with Gasteiger partial charge in [0, 0.05) is 0 Å². The van der Waals surface area contributed by atoms with Crippen molar-refractivity contribution in [2.45, 2.75) is 49.0 Å². The highest BCUT2D eigenvalue weighted by atomic mass is 16.7. The Morgan fingerprint density at radius 1 is 1.17 bits per heavy atom. The number of hydrogen-bond acceptors (Lipinski definition) is 11. The summed E-state index contributed by atoms with van der Waals surface area (Å²) in [4.78, 5) is 22.1. The number of rotatable bonds is 8. The number of ether oxygens (including phenoxy) is 2. The zero-order valence-corrected chi connectivity index (χ0v) is 11.9. The van der Waals surface area contributed by atoms with Gasteiger partial charge in [0.05, 0.1) is 13.2 Å². The van der Waals surface area contributed by atoms with Crippen molar-refractivity contribution >= 4 is 12.1 Å². The summed E-state index contributed by atoms with van der Waals surface area (Å²) < 4.78 is 9.95. The van der Waals surface area contributed by atoms with Gasteiger partial charge in [0.15, 0.2) is 24.5 Å². The Morgan fingerprint density at radius 2 is 1.78 bits per heavy atom. The lowest BCUT2D eigenvalue weighted by Crippen LogP contribution is -2.59. The van der Waals surface area contributed by atoms with Crippen molar-refractivity contribution in [3.8, 4) is 0 Å². The second kappa shape index (κ2) is 8.73. The fourth-order valence-corrected chi connectivity index (χ4v) is 2.00. The van der Waals surface area contributed by atoms with E-state index in [0.717, 1.165) is 0 Å². The van der Waals surface area contributed by atoms with Crippen molar-refractivity contribution in [1.82, 2.24) is 0 Å². The Bertz CT molecular complexity index is 402. The molecule has 0 spiro atoms. The van der Waals surface area contributed by atoms with E-state index in [1.807, 2.05) is 0 Å². The summed E-state index contributed by atoms with van der Waals surface area (Å²) in [5, 5.41) is 65.8. The van der Waals surface area contributed by atoms with E-state index in [9.17, 15) is 35.1 Å². The molecule has 134 valence electrons.